The van der Waals surface area contributed by atoms with Crippen molar-refractivity contribution in [3.8, 4) is 39.9 Å². The van der Waals surface area contributed by atoms with E-state index in [1.165, 1.54) is 6.92 Å². The van der Waals surface area contributed by atoms with Crippen LogP contribution in [0, 0.1) is 5.92 Å². The minimum absolute atomic E-state index is 0.172. The van der Waals surface area contributed by atoms with Crippen molar-refractivity contribution in [3.05, 3.63) is 69.4 Å². The van der Waals surface area contributed by atoms with E-state index in [0.29, 0.717) is 72.1 Å². The molecule has 2 atom stereocenters. The Morgan fingerprint density at radius 3 is 2.19 bits per heavy atom. The van der Waals surface area contributed by atoms with E-state index in [4.69, 9.17) is 23.7 Å². The lowest BCUT2D eigenvalue weighted by Gasteiger charge is -2.21. The predicted molar refractivity (Wildman–Crippen MR) is 186 cm³/mol. The topological polar surface area (TPSA) is 133 Å². The minimum Gasteiger partial charge on any atom is -0.493 e. The van der Waals surface area contributed by atoms with E-state index in [-0.39, 0.29) is 28.8 Å². The molecule has 1 aliphatic carbocycles. The maximum absolute atomic E-state index is 13.9. The van der Waals surface area contributed by atoms with Gasteiger partial charge in [0.15, 0.2) is 23.0 Å². The number of anilines is 1. The number of methoxy groups -OCH3 is 5. The highest BCUT2D eigenvalue weighted by Gasteiger charge is 2.30. The van der Waals surface area contributed by atoms with Gasteiger partial charge in [-0.15, -0.1) is 0 Å². The quantitative estimate of drug-likeness (QED) is 0.217. The predicted octanol–water partition coefficient (Wildman–Crippen LogP) is 5.07. The summed E-state index contributed by atoms with van der Waals surface area (Å²) in [4.78, 5) is 39.7. The van der Waals surface area contributed by atoms with Crippen LogP contribution in [-0.4, -0.2) is 59.9 Å². The van der Waals surface area contributed by atoms with Gasteiger partial charge in [0.1, 0.15) is 6.04 Å². The fourth-order valence-electron chi connectivity index (χ4n) is 6.21. The smallest absolute Gasteiger partial charge is 0.242 e. The monoisotopic (exact) mass is 661 g/mol. The average molecular weight is 662 g/mol. The average Bonchev–Trinajstić information content (AvgIpc) is 3.31. The Labute approximate surface area is 282 Å². The van der Waals surface area contributed by atoms with Crippen LogP contribution in [0.5, 0.6) is 28.7 Å². The second kappa shape index (κ2) is 16.3. The largest absolute Gasteiger partial charge is 0.493 e. The molecule has 4 rings (SSSR count). The van der Waals surface area contributed by atoms with Crippen molar-refractivity contribution >= 4 is 17.5 Å². The Balaban J connectivity index is 1.70. The Morgan fingerprint density at radius 2 is 1.56 bits per heavy atom. The maximum Gasteiger partial charge on any atom is 0.242 e. The van der Waals surface area contributed by atoms with Crippen LogP contribution >= 0.6 is 0 Å². The number of aryl methyl sites for hydroxylation is 1. The van der Waals surface area contributed by atoms with Gasteiger partial charge in [-0.25, -0.2) is 0 Å². The highest BCUT2D eigenvalue weighted by atomic mass is 16.5. The van der Waals surface area contributed by atoms with E-state index >= 15 is 0 Å². The van der Waals surface area contributed by atoms with Crippen molar-refractivity contribution in [2.45, 2.75) is 58.5 Å². The first-order valence-corrected chi connectivity index (χ1v) is 16.1. The number of nitrogens with one attached hydrogen (secondary N) is 3. The van der Waals surface area contributed by atoms with Gasteiger partial charge in [-0.05, 0) is 84.2 Å². The summed E-state index contributed by atoms with van der Waals surface area (Å²) in [5, 5.41) is 9.29. The lowest BCUT2D eigenvalue weighted by atomic mass is 9.95. The lowest BCUT2D eigenvalue weighted by Crippen LogP contribution is -2.42. The summed E-state index contributed by atoms with van der Waals surface area (Å²) in [6.07, 6.45) is 2.22. The number of carbonyl (C=O) groups is 2. The molecule has 48 heavy (non-hydrogen) atoms. The molecular formula is C37H47N3O8. The summed E-state index contributed by atoms with van der Waals surface area (Å²) in [5.41, 5.74) is 3.99. The number of rotatable bonds is 14. The molecule has 0 spiro atoms. The number of fused-ring (bicyclic) bond motifs is 3. The van der Waals surface area contributed by atoms with Crippen LogP contribution in [0.1, 0.15) is 56.3 Å². The minimum atomic E-state index is -0.664. The Morgan fingerprint density at radius 1 is 0.854 bits per heavy atom. The van der Waals surface area contributed by atoms with Crippen molar-refractivity contribution in [2.75, 3.05) is 47.4 Å². The first kappa shape index (κ1) is 35.9. The van der Waals surface area contributed by atoms with E-state index < -0.39 is 12.1 Å². The number of ether oxygens (including phenoxy) is 5. The van der Waals surface area contributed by atoms with Crippen LogP contribution in [0.25, 0.3) is 11.1 Å². The number of hydrogen-bond acceptors (Lipinski definition) is 9. The Kier molecular flexibility index (Phi) is 12.2. The van der Waals surface area contributed by atoms with Crippen molar-refractivity contribution in [3.63, 3.8) is 0 Å². The molecule has 0 aromatic heterocycles. The van der Waals surface area contributed by atoms with Gasteiger partial charge in [-0.3, -0.25) is 14.4 Å². The summed E-state index contributed by atoms with van der Waals surface area (Å²) < 4.78 is 27.9. The second-order valence-corrected chi connectivity index (χ2v) is 12.2. The SMILES string of the molecule is COc1ccc(CCNC(=O)C(CC(C)C)Nc2ccc3c(cc2=O)C(NC(C)=O)CCc2cc(OC)c(OC)c(OC)c2-3)cc1OC. The number of benzene rings is 2. The zero-order chi connectivity index (χ0) is 35.0. The van der Waals surface area contributed by atoms with Gasteiger partial charge in [0.05, 0.1) is 47.3 Å². The molecule has 3 aromatic carbocycles. The molecule has 0 heterocycles. The fourth-order valence-corrected chi connectivity index (χ4v) is 6.21. The van der Waals surface area contributed by atoms with E-state index in [0.717, 1.165) is 16.7 Å². The zero-order valence-electron chi connectivity index (χ0n) is 29.1. The van der Waals surface area contributed by atoms with Gasteiger partial charge in [0, 0.05) is 19.0 Å². The van der Waals surface area contributed by atoms with E-state index in [1.54, 1.807) is 47.7 Å². The van der Waals surface area contributed by atoms with Crippen LogP contribution in [0.15, 0.2) is 47.3 Å². The third-order valence-electron chi connectivity index (χ3n) is 8.43. The van der Waals surface area contributed by atoms with Gasteiger partial charge in [0.2, 0.25) is 23.0 Å². The second-order valence-electron chi connectivity index (χ2n) is 12.2. The third kappa shape index (κ3) is 8.13. The molecule has 258 valence electrons. The molecular weight excluding hydrogens is 614 g/mol. The first-order chi connectivity index (χ1) is 23.0. The summed E-state index contributed by atoms with van der Waals surface area (Å²) in [5.74, 6) is 2.43. The molecule has 2 unspecified atom stereocenters. The van der Waals surface area contributed by atoms with Crippen molar-refractivity contribution in [1.82, 2.24) is 10.6 Å². The molecule has 1 aliphatic rings. The van der Waals surface area contributed by atoms with Crippen molar-refractivity contribution < 1.29 is 33.3 Å². The van der Waals surface area contributed by atoms with E-state index in [9.17, 15) is 14.4 Å². The fraction of sp³-hybridized carbons (Fsp3) is 0.432. The highest BCUT2D eigenvalue weighted by molar-refractivity contribution is 5.86. The number of hydrogen-bond donors (Lipinski definition) is 3. The maximum atomic E-state index is 13.9. The van der Waals surface area contributed by atoms with Crippen molar-refractivity contribution in [1.29, 1.82) is 0 Å². The molecule has 0 fully saturated rings. The summed E-state index contributed by atoms with van der Waals surface area (Å²) in [6.45, 7) is 5.91. The molecule has 0 bridgehead atoms. The Hall–Kier alpha value is -4.93. The molecule has 0 aliphatic heterocycles. The highest BCUT2D eigenvalue weighted by Crippen LogP contribution is 2.50. The van der Waals surface area contributed by atoms with Gasteiger partial charge < -0.3 is 39.6 Å². The molecule has 3 aromatic rings. The first-order valence-electron chi connectivity index (χ1n) is 16.1. The molecule has 0 saturated carbocycles. The normalized spacial score (nSPS) is 14.1. The third-order valence-corrected chi connectivity index (χ3v) is 8.43. The standard InChI is InChI=1S/C37H47N3O8/c1-21(2)17-29(37(43)38-16-15-23-9-14-31(44-4)32(18-23)45-5)40-28-13-11-25-26(20-30(28)42)27(39-22(3)41)12-10-24-19-33(46-6)35(47-7)36(48-8)34(24)25/h9,11,13-14,18-21,27,29H,10,12,15-17H2,1-8H3,(H,38,43)(H,39,41)(H,40,42). The van der Waals surface area contributed by atoms with Gasteiger partial charge in [-0.1, -0.05) is 26.0 Å². The van der Waals surface area contributed by atoms with Crippen LogP contribution in [0.4, 0.5) is 5.69 Å². The van der Waals surface area contributed by atoms with Crippen molar-refractivity contribution in [2.24, 2.45) is 5.92 Å². The number of carbonyl (C=O) groups excluding carboxylic acids is 2. The van der Waals surface area contributed by atoms with Crippen LogP contribution in [0.2, 0.25) is 0 Å². The summed E-state index contributed by atoms with van der Waals surface area (Å²) in [6, 6.07) is 11.5. The molecule has 3 N–H and O–H groups in total. The van der Waals surface area contributed by atoms with E-state index in [1.807, 2.05) is 44.2 Å². The Bertz CT molecular complexity index is 1690. The zero-order valence-corrected chi connectivity index (χ0v) is 29.1. The summed E-state index contributed by atoms with van der Waals surface area (Å²) >= 11 is 0. The molecule has 11 heteroatoms. The van der Waals surface area contributed by atoms with Gasteiger partial charge in [0.25, 0.3) is 0 Å². The van der Waals surface area contributed by atoms with Crippen LogP contribution in [0.3, 0.4) is 0 Å². The lowest BCUT2D eigenvalue weighted by molar-refractivity contribution is -0.122. The molecule has 0 saturated heterocycles. The van der Waals surface area contributed by atoms with Crippen LogP contribution in [-0.2, 0) is 22.4 Å². The van der Waals surface area contributed by atoms with Gasteiger partial charge >= 0.3 is 0 Å². The molecule has 11 nitrogen and oxygen atoms in total. The van der Waals surface area contributed by atoms with Crippen LogP contribution < -0.4 is 45.1 Å². The molecule has 2 amide bonds. The number of amides is 2. The molecule has 0 radical (unpaired) electrons. The summed E-state index contributed by atoms with van der Waals surface area (Å²) in [7, 11) is 7.84. The van der Waals surface area contributed by atoms with E-state index in [2.05, 4.69) is 16.0 Å². The van der Waals surface area contributed by atoms with Gasteiger partial charge in [-0.2, -0.15) is 0 Å².